The third-order valence-electron chi connectivity index (χ3n) is 3.60. The van der Waals surface area contributed by atoms with Crippen molar-refractivity contribution in [1.29, 1.82) is 5.26 Å². The van der Waals surface area contributed by atoms with Gasteiger partial charge in [0.25, 0.3) is 0 Å². The van der Waals surface area contributed by atoms with E-state index in [2.05, 4.69) is 10.1 Å². The van der Waals surface area contributed by atoms with Crippen molar-refractivity contribution in [3.05, 3.63) is 48.0 Å². The molecule has 0 fully saturated rings. The van der Waals surface area contributed by atoms with E-state index in [9.17, 15) is 12.8 Å². The number of hydrogen-bond acceptors (Lipinski definition) is 5. The van der Waals surface area contributed by atoms with E-state index in [4.69, 9.17) is 5.26 Å². The van der Waals surface area contributed by atoms with E-state index in [1.807, 2.05) is 6.07 Å². The molecule has 2 aromatic heterocycles. The lowest BCUT2D eigenvalue weighted by Gasteiger charge is -2.18. The third kappa shape index (κ3) is 2.57. The van der Waals surface area contributed by atoms with Gasteiger partial charge in [-0.25, -0.2) is 22.3 Å². The second-order valence-corrected chi connectivity index (χ2v) is 7.15. The van der Waals surface area contributed by atoms with Crippen LogP contribution in [-0.4, -0.2) is 36.3 Å². The number of fused-ring (bicyclic) bond motifs is 1. The van der Waals surface area contributed by atoms with E-state index >= 15 is 0 Å². The van der Waals surface area contributed by atoms with Crippen molar-refractivity contribution < 1.29 is 12.8 Å². The number of halogens is 1. The van der Waals surface area contributed by atoms with Crippen LogP contribution in [0.15, 0.2) is 36.7 Å². The maximum atomic E-state index is 14.1. The summed E-state index contributed by atoms with van der Waals surface area (Å²) in [5.74, 6) is -0.657. The molecule has 24 heavy (non-hydrogen) atoms. The fourth-order valence-electron chi connectivity index (χ4n) is 2.28. The monoisotopic (exact) mass is 345 g/mol. The number of nitriles is 1. The van der Waals surface area contributed by atoms with Crippen LogP contribution < -0.4 is 4.31 Å². The van der Waals surface area contributed by atoms with Crippen molar-refractivity contribution >= 4 is 21.4 Å². The third-order valence-corrected chi connectivity index (χ3v) is 4.79. The van der Waals surface area contributed by atoms with Gasteiger partial charge in [-0.05, 0) is 24.3 Å². The summed E-state index contributed by atoms with van der Waals surface area (Å²) in [6, 6.07) is 7.76. The van der Waals surface area contributed by atoms with E-state index in [-0.39, 0.29) is 5.69 Å². The number of sulfonamides is 1. The first-order valence-electron chi connectivity index (χ1n) is 6.79. The largest absolute Gasteiger partial charge is 0.271 e. The highest BCUT2D eigenvalue weighted by atomic mass is 32.2. The predicted octanol–water partition coefficient (Wildman–Crippen LogP) is 1.80. The molecule has 0 unspecified atom stereocenters. The normalized spacial score (nSPS) is 11.4. The van der Waals surface area contributed by atoms with Gasteiger partial charge < -0.3 is 0 Å². The van der Waals surface area contributed by atoms with E-state index in [1.54, 1.807) is 6.07 Å². The summed E-state index contributed by atoms with van der Waals surface area (Å²) in [6.45, 7) is 0. The molecule has 0 aliphatic carbocycles. The number of benzene rings is 1. The molecule has 0 saturated heterocycles. The van der Waals surface area contributed by atoms with Crippen LogP contribution in [0, 0.1) is 17.1 Å². The fraction of sp³-hybridized carbons (Fsp3) is 0.133. The minimum Gasteiger partial charge on any atom is -0.271 e. The van der Waals surface area contributed by atoms with Crippen LogP contribution in [0.4, 0.5) is 10.1 Å². The molecule has 3 aromatic rings. The second-order valence-electron chi connectivity index (χ2n) is 5.13. The first-order chi connectivity index (χ1) is 11.3. The minimum absolute atomic E-state index is 0.0763. The summed E-state index contributed by atoms with van der Waals surface area (Å²) in [5, 5.41) is 13.2. The Labute approximate surface area is 137 Å². The average Bonchev–Trinajstić information content (AvgIpc) is 2.97. The van der Waals surface area contributed by atoms with Crippen LogP contribution in [0.2, 0.25) is 0 Å². The zero-order chi connectivity index (χ0) is 17.5. The standard InChI is InChI=1S/C15H12FN5O2S/c1-20(24(2,22)23)14-7-10(3-4-12(14)16)13-5-6-18-15-11(8-17)9-19-21(13)15/h3-7,9H,1-2H3. The van der Waals surface area contributed by atoms with Gasteiger partial charge in [0.15, 0.2) is 5.65 Å². The van der Waals surface area contributed by atoms with Gasteiger partial charge in [-0.1, -0.05) is 0 Å². The van der Waals surface area contributed by atoms with E-state index in [0.717, 1.165) is 10.6 Å². The predicted molar refractivity (Wildman–Crippen MR) is 86.3 cm³/mol. The Morgan fingerprint density at radius 3 is 2.75 bits per heavy atom. The molecule has 0 aliphatic heterocycles. The van der Waals surface area contributed by atoms with Gasteiger partial charge in [-0.2, -0.15) is 10.4 Å². The summed E-state index contributed by atoms with van der Waals surface area (Å²) in [6.07, 6.45) is 3.89. The van der Waals surface area contributed by atoms with Gasteiger partial charge in [0.1, 0.15) is 17.4 Å². The van der Waals surface area contributed by atoms with Gasteiger partial charge in [0.05, 0.1) is 23.8 Å². The molecular weight excluding hydrogens is 333 g/mol. The Bertz CT molecular complexity index is 1080. The Kier molecular flexibility index (Phi) is 3.69. The summed E-state index contributed by atoms with van der Waals surface area (Å²) in [7, 11) is -2.33. The topological polar surface area (TPSA) is 91.4 Å². The molecule has 0 N–H and O–H groups in total. The van der Waals surface area contributed by atoms with Crippen LogP contribution in [-0.2, 0) is 10.0 Å². The van der Waals surface area contributed by atoms with Crippen LogP contribution >= 0.6 is 0 Å². The van der Waals surface area contributed by atoms with Gasteiger partial charge in [0, 0.05) is 18.8 Å². The van der Waals surface area contributed by atoms with Crippen molar-refractivity contribution in [2.75, 3.05) is 17.6 Å². The van der Waals surface area contributed by atoms with Crippen molar-refractivity contribution in [2.24, 2.45) is 0 Å². The SMILES string of the molecule is CN(c1cc(-c2ccnc3c(C#N)cnn23)ccc1F)S(C)(=O)=O. The first kappa shape index (κ1) is 15.9. The molecule has 0 radical (unpaired) electrons. The Balaban J connectivity index is 2.22. The number of hydrogen-bond donors (Lipinski definition) is 0. The first-order valence-corrected chi connectivity index (χ1v) is 8.64. The van der Waals surface area contributed by atoms with Crippen LogP contribution in [0.1, 0.15) is 5.56 Å². The lowest BCUT2D eigenvalue weighted by Crippen LogP contribution is -2.25. The second kappa shape index (κ2) is 5.58. The average molecular weight is 345 g/mol. The van der Waals surface area contributed by atoms with E-state index in [1.165, 1.54) is 42.2 Å². The summed E-state index contributed by atoms with van der Waals surface area (Å²) in [4.78, 5) is 4.11. The van der Waals surface area contributed by atoms with Gasteiger partial charge in [-0.3, -0.25) is 4.31 Å². The van der Waals surface area contributed by atoms with Crippen LogP contribution in [0.25, 0.3) is 16.9 Å². The number of aromatic nitrogens is 3. The molecule has 0 bridgehead atoms. The molecule has 7 nitrogen and oxygen atoms in total. The molecule has 0 atom stereocenters. The Hall–Kier alpha value is -2.99. The summed E-state index contributed by atoms with van der Waals surface area (Å²) >= 11 is 0. The molecule has 122 valence electrons. The molecule has 1 aromatic carbocycles. The summed E-state index contributed by atoms with van der Waals surface area (Å²) in [5.41, 5.74) is 1.71. The highest BCUT2D eigenvalue weighted by molar-refractivity contribution is 7.92. The highest BCUT2D eigenvalue weighted by Gasteiger charge is 2.18. The van der Waals surface area contributed by atoms with Crippen molar-refractivity contribution in [3.8, 4) is 17.3 Å². The van der Waals surface area contributed by atoms with Crippen molar-refractivity contribution in [2.45, 2.75) is 0 Å². The van der Waals surface area contributed by atoms with Crippen LogP contribution in [0.5, 0.6) is 0 Å². The van der Waals surface area contributed by atoms with Crippen LogP contribution in [0.3, 0.4) is 0 Å². The molecule has 9 heteroatoms. The minimum atomic E-state index is -3.60. The van der Waals surface area contributed by atoms with Gasteiger partial charge >= 0.3 is 0 Å². The lowest BCUT2D eigenvalue weighted by atomic mass is 10.1. The maximum Gasteiger partial charge on any atom is 0.232 e. The molecule has 0 spiro atoms. The van der Waals surface area contributed by atoms with Crippen molar-refractivity contribution in [3.63, 3.8) is 0 Å². The Morgan fingerprint density at radius 2 is 2.08 bits per heavy atom. The molecule has 2 heterocycles. The number of nitrogens with zero attached hydrogens (tertiary/aromatic N) is 5. The molecule has 0 aliphatic rings. The number of anilines is 1. The molecule has 0 saturated carbocycles. The van der Waals surface area contributed by atoms with Gasteiger partial charge in [-0.15, -0.1) is 0 Å². The summed E-state index contributed by atoms with van der Waals surface area (Å²) < 4.78 is 39.7. The quantitative estimate of drug-likeness (QED) is 0.722. The fourth-order valence-corrected chi connectivity index (χ4v) is 2.78. The molecular formula is C15H12FN5O2S. The zero-order valence-corrected chi connectivity index (χ0v) is 13.6. The number of rotatable bonds is 3. The Morgan fingerprint density at radius 1 is 1.33 bits per heavy atom. The smallest absolute Gasteiger partial charge is 0.232 e. The van der Waals surface area contributed by atoms with E-state index in [0.29, 0.717) is 22.5 Å². The van der Waals surface area contributed by atoms with Crippen molar-refractivity contribution in [1.82, 2.24) is 14.6 Å². The maximum absolute atomic E-state index is 14.1. The lowest BCUT2D eigenvalue weighted by molar-refractivity contribution is 0.595. The molecule has 0 amide bonds. The van der Waals surface area contributed by atoms with Gasteiger partial charge in [0.2, 0.25) is 10.0 Å². The van der Waals surface area contributed by atoms with E-state index < -0.39 is 15.8 Å². The zero-order valence-electron chi connectivity index (χ0n) is 12.8. The molecule has 3 rings (SSSR count). The highest BCUT2D eigenvalue weighted by Crippen LogP contribution is 2.28.